The van der Waals surface area contributed by atoms with Crippen molar-refractivity contribution in [3.63, 3.8) is 0 Å². The molecule has 3 aromatic carbocycles. The minimum Gasteiger partial charge on any atom is -0.493 e. The molecule has 0 radical (unpaired) electrons. The maximum atomic E-state index is 5.88. The lowest BCUT2D eigenvalue weighted by Crippen LogP contribution is -2.11. The largest absolute Gasteiger partial charge is 0.493 e. The van der Waals surface area contributed by atoms with Crippen LogP contribution in [0.25, 0.3) is 0 Å². The zero-order valence-electron chi connectivity index (χ0n) is 16.1. The van der Waals surface area contributed by atoms with Gasteiger partial charge < -0.3 is 14.8 Å². The number of nitrogens with one attached hydrogen (secondary N) is 1. The van der Waals surface area contributed by atoms with Gasteiger partial charge in [-0.05, 0) is 54.8 Å². The number of ether oxygens (including phenoxy) is 2. The highest BCUT2D eigenvalue weighted by Gasteiger charge is 2.00. The fourth-order valence-electron chi connectivity index (χ4n) is 2.80. The third-order valence-corrected chi connectivity index (χ3v) is 4.51. The summed E-state index contributed by atoms with van der Waals surface area (Å²) in [7, 11) is 0. The number of rotatable bonds is 9. The third-order valence-electron chi connectivity index (χ3n) is 4.51. The molecule has 3 aromatic rings. The summed E-state index contributed by atoms with van der Waals surface area (Å²) >= 11 is 0. The first-order valence-corrected chi connectivity index (χ1v) is 9.41. The van der Waals surface area contributed by atoms with Crippen LogP contribution in [-0.2, 0) is 6.42 Å². The zero-order valence-corrected chi connectivity index (χ0v) is 16.1. The number of hydrogen-bond acceptors (Lipinski definition) is 3. The molecule has 1 N–H and O–H groups in total. The summed E-state index contributed by atoms with van der Waals surface area (Å²) in [6, 6.07) is 24.6. The summed E-state index contributed by atoms with van der Waals surface area (Å²) in [4.78, 5) is 0. The minimum absolute atomic E-state index is 0.613. The lowest BCUT2D eigenvalue weighted by atomic mass is 10.1. The molecule has 0 bridgehead atoms. The van der Waals surface area contributed by atoms with E-state index in [-0.39, 0.29) is 0 Å². The highest BCUT2D eigenvalue weighted by atomic mass is 16.5. The fraction of sp³-hybridized carbons (Fsp3) is 0.250. The Morgan fingerprint density at radius 3 is 2.30 bits per heavy atom. The van der Waals surface area contributed by atoms with E-state index < -0.39 is 0 Å². The molecule has 140 valence electrons. The van der Waals surface area contributed by atoms with Crippen LogP contribution in [0.5, 0.6) is 11.5 Å². The van der Waals surface area contributed by atoms with Crippen LogP contribution in [0.2, 0.25) is 0 Å². The average Bonchev–Trinajstić information content (AvgIpc) is 2.69. The summed E-state index contributed by atoms with van der Waals surface area (Å²) in [6.45, 7) is 6.23. The second-order valence-electron chi connectivity index (χ2n) is 6.63. The lowest BCUT2D eigenvalue weighted by Gasteiger charge is -2.11. The first kappa shape index (κ1) is 18.8. The van der Waals surface area contributed by atoms with Gasteiger partial charge in [0.25, 0.3) is 0 Å². The quantitative estimate of drug-likeness (QED) is 0.517. The molecule has 0 atom stereocenters. The van der Waals surface area contributed by atoms with Crippen LogP contribution in [0.15, 0.2) is 72.8 Å². The van der Waals surface area contributed by atoms with E-state index in [1.165, 1.54) is 16.7 Å². The molecule has 0 aliphatic heterocycles. The Bertz CT molecular complexity index is 846. The van der Waals surface area contributed by atoms with Gasteiger partial charge in [-0.25, -0.2) is 0 Å². The highest BCUT2D eigenvalue weighted by molar-refractivity contribution is 5.48. The van der Waals surface area contributed by atoms with Crippen LogP contribution in [0.3, 0.4) is 0 Å². The summed E-state index contributed by atoms with van der Waals surface area (Å²) < 4.78 is 11.7. The van der Waals surface area contributed by atoms with Crippen molar-refractivity contribution in [1.82, 2.24) is 0 Å². The molecule has 0 spiro atoms. The van der Waals surface area contributed by atoms with Gasteiger partial charge in [-0.3, -0.25) is 0 Å². The SMILES string of the molecule is Cc1ccc(OCCNc2cccc(OCCc3ccccc3)c2)cc1C. The molecule has 0 aliphatic carbocycles. The van der Waals surface area contributed by atoms with Gasteiger partial charge in [0.1, 0.15) is 18.1 Å². The van der Waals surface area contributed by atoms with Crippen LogP contribution >= 0.6 is 0 Å². The Balaban J connectivity index is 1.41. The van der Waals surface area contributed by atoms with E-state index in [2.05, 4.69) is 55.6 Å². The van der Waals surface area contributed by atoms with E-state index >= 15 is 0 Å². The summed E-state index contributed by atoms with van der Waals surface area (Å²) in [5.41, 5.74) is 4.86. The van der Waals surface area contributed by atoms with Crippen molar-refractivity contribution in [1.29, 1.82) is 0 Å². The number of aryl methyl sites for hydroxylation is 2. The lowest BCUT2D eigenvalue weighted by molar-refractivity contribution is 0.322. The fourth-order valence-corrected chi connectivity index (χ4v) is 2.80. The topological polar surface area (TPSA) is 30.5 Å². The predicted octanol–water partition coefficient (Wildman–Crippen LogP) is 5.42. The highest BCUT2D eigenvalue weighted by Crippen LogP contribution is 2.18. The summed E-state index contributed by atoms with van der Waals surface area (Å²) in [5.74, 6) is 1.80. The van der Waals surface area contributed by atoms with E-state index in [4.69, 9.17) is 9.47 Å². The molecule has 0 saturated heterocycles. The van der Waals surface area contributed by atoms with Crippen molar-refractivity contribution in [2.24, 2.45) is 0 Å². The van der Waals surface area contributed by atoms with Crippen molar-refractivity contribution in [3.8, 4) is 11.5 Å². The van der Waals surface area contributed by atoms with Gasteiger partial charge in [0.2, 0.25) is 0 Å². The Labute approximate surface area is 162 Å². The maximum absolute atomic E-state index is 5.88. The van der Waals surface area contributed by atoms with Crippen LogP contribution in [0.4, 0.5) is 5.69 Å². The number of hydrogen-bond donors (Lipinski definition) is 1. The van der Waals surface area contributed by atoms with E-state index in [1.54, 1.807) is 0 Å². The van der Waals surface area contributed by atoms with Crippen LogP contribution in [0, 0.1) is 13.8 Å². The standard InChI is InChI=1S/C24H27NO2/c1-19-11-12-24(17-20(19)2)27-16-14-25-22-9-6-10-23(18-22)26-15-13-21-7-4-3-5-8-21/h3-12,17-18,25H,13-16H2,1-2H3. The van der Waals surface area contributed by atoms with Crippen molar-refractivity contribution in [2.45, 2.75) is 20.3 Å². The van der Waals surface area contributed by atoms with Gasteiger partial charge in [0.15, 0.2) is 0 Å². The van der Waals surface area contributed by atoms with Crippen molar-refractivity contribution < 1.29 is 9.47 Å². The van der Waals surface area contributed by atoms with Gasteiger partial charge in [-0.15, -0.1) is 0 Å². The van der Waals surface area contributed by atoms with E-state index in [1.807, 2.05) is 36.4 Å². The minimum atomic E-state index is 0.613. The first-order valence-electron chi connectivity index (χ1n) is 9.41. The Morgan fingerprint density at radius 2 is 1.48 bits per heavy atom. The molecule has 3 heteroatoms. The number of benzene rings is 3. The molecule has 27 heavy (non-hydrogen) atoms. The van der Waals surface area contributed by atoms with Crippen LogP contribution in [-0.4, -0.2) is 19.8 Å². The van der Waals surface area contributed by atoms with E-state index in [9.17, 15) is 0 Å². The Morgan fingerprint density at radius 1 is 0.704 bits per heavy atom. The summed E-state index contributed by atoms with van der Waals surface area (Å²) in [6.07, 6.45) is 0.905. The molecule has 3 rings (SSSR count). The monoisotopic (exact) mass is 361 g/mol. The van der Waals surface area contributed by atoms with Gasteiger partial charge in [0, 0.05) is 24.7 Å². The average molecular weight is 361 g/mol. The Kier molecular flexibility index (Phi) is 6.75. The van der Waals surface area contributed by atoms with Crippen molar-refractivity contribution >= 4 is 5.69 Å². The molecule has 0 aromatic heterocycles. The molecule has 0 aliphatic rings. The predicted molar refractivity (Wildman–Crippen MR) is 112 cm³/mol. The maximum Gasteiger partial charge on any atom is 0.121 e. The second kappa shape index (κ2) is 9.67. The molecule has 0 heterocycles. The second-order valence-corrected chi connectivity index (χ2v) is 6.63. The summed E-state index contributed by atoms with van der Waals surface area (Å²) in [5, 5.41) is 3.38. The van der Waals surface area contributed by atoms with Crippen molar-refractivity contribution in [2.75, 3.05) is 25.1 Å². The van der Waals surface area contributed by atoms with Gasteiger partial charge in [-0.1, -0.05) is 42.5 Å². The zero-order chi connectivity index (χ0) is 18.9. The van der Waals surface area contributed by atoms with Crippen LogP contribution in [0.1, 0.15) is 16.7 Å². The molecular weight excluding hydrogens is 334 g/mol. The molecule has 0 amide bonds. The Hall–Kier alpha value is -2.94. The normalized spacial score (nSPS) is 10.4. The van der Waals surface area contributed by atoms with Gasteiger partial charge in [-0.2, -0.15) is 0 Å². The molecular formula is C24H27NO2. The molecule has 0 fully saturated rings. The van der Waals surface area contributed by atoms with Crippen molar-refractivity contribution in [3.05, 3.63) is 89.5 Å². The van der Waals surface area contributed by atoms with Gasteiger partial charge in [0.05, 0.1) is 6.61 Å². The first-order chi connectivity index (χ1) is 13.2. The third kappa shape index (κ3) is 6.07. The molecule has 3 nitrogen and oxygen atoms in total. The number of anilines is 1. The molecule has 0 unspecified atom stereocenters. The smallest absolute Gasteiger partial charge is 0.121 e. The van der Waals surface area contributed by atoms with Gasteiger partial charge >= 0.3 is 0 Å². The molecule has 0 saturated carbocycles. The van der Waals surface area contributed by atoms with E-state index in [0.29, 0.717) is 13.2 Å². The van der Waals surface area contributed by atoms with E-state index in [0.717, 1.165) is 30.2 Å². The van der Waals surface area contributed by atoms with Crippen LogP contribution < -0.4 is 14.8 Å².